The molecule has 1 aliphatic heterocycles. The van der Waals surface area contributed by atoms with Crippen LogP contribution in [0.1, 0.15) is 54.3 Å². The van der Waals surface area contributed by atoms with Gasteiger partial charge in [-0.15, -0.1) is 6.58 Å². The average molecular weight is 362 g/mol. The molecule has 4 nitrogen and oxygen atoms in total. The lowest BCUT2D eigenvalue weighted by Gasteiger charge is -2.37. The van der Waals surface area contributed by atoms with Crippen molar-refractivity contribution in [1.29, 1.82) is 0 Å². The van der Waals surface area contributed by atoms with Gasteiger partial charge in [-0.1, -0.05) is 49.4 Å². The van der Waals surface area contributed by atoms with Crippen LogP contribution in [0.15, 0.2) is 60.1 Å². The molecule has 3 rings (SSSR count). The third-order valence-corrected chi connectivity index (χ3v) is 5.05. The molecule has 0 saturated carbocycles. The second-order valence-corrected chi connectivity index (χ2v) is 6.87. The van der Waals surface area contributed by atoms with Crippen LogP contribution in [0, 0.1) is 6.92 Å². The molecule has 2 unspecified atom stereocenters. The monoisotopic (exact) mass is 362 g/mol. The highest BCUT2D eigenvalue weighted by atomic mass is 16.3. The van der Waals surface area contributed by atoms with E-state index in [4.69, 9.17) is 0 Å². The van der Waals surface area contributed by atoms with Gasteiger partial charge in [0.1, 0.15) is 6.04 Å². The molecule has 0 aromatic heterocycles. The number of aliphatic hydroxyl groups excluding tert-OH is 1. The summed E-state index contributed by atoms with van der Waals surface area (Å²) in [6, 6.07) is 13.0. The topological polar surface area (TPSA) is 52.9 Å². The Morgan fingerprint density at radius 2 is 2.04 bits per heavy atom. The molecular formula is C23H26N2O2. The summed E-state index contributed by atoms with van der Waals surface area (Å²) in [5.74, 6) is 0.0811. The minimum atomic E-state index is -0.923. The van der Waals surface area contributed by atoms with Crippen LogP contribution in [0.2, 0.25) is 0 Å². The number of carbonyl (C=O) groups excluding carboxylic acids is 1. The number of rotatable bonds is 7. The van der Waals surface area contributed by atoms with Gasteiger partial charge in [-0.05, 0) is 42.5 Å². The summed E-state index contributed by atoms with van der Waals surface area (Å²) in [5, 5.41) is 11.2. The van der Waals surface area contributed by atoms with Gasteiger partial charge in [0, 0.05) is 12.0 Å². The Labute approximate surface area is 160 Å². The summed E-state index contributed by atoms with van der Waals surface area (Å²) in [6.45, 7) is 7.79. The van der Waals surface area contributed by atoms with Crippen molar-refractivity contribution in [2.45, 2.75) is 45.4 Å². The average Bonchev–Trinajstić information content (AvgIpc) is 2.67. The van der Waals surface area contributed by atoms with E-state index >= 15 is 0 Å². The molecule has 0 saturated heterocycles. The molecule has 1 heterocycles. The van der Waals surface area contributed by atoms with E-state index in [0.29, 0.717) is 6.42 Å². The fourth-order valence-electron chi connectivity index (χ4n) is 3.67. The predicted molar refractivity (Wildman–Crippen MR) is 109 cm³/mol. The van der Waals surface area contributed by atoms with Crippen LogP contribution in [-0.4, -0.2) is 22.1 Å². The highest BCUT2D eigenvalue weighted by Gasteiger charge is 2.34. The summed E-state index contributed by atoms with van der Waals surface area (Å²) < 4.78 is 0. The largest absolute Gasteiger partial charge is 0.369 e. The van der Waals surface area contributed by atoms with E-state index in [0.717, 1.165) is 40.8 Å². The fourth-order valence-corrected chi connectivity index (χ4v) is 3.67. The molecule has 1 N–H and O–H groups in total. The van der Waals surface area contributed by atoms with Crippen LogP contribution in [0.5, 0.6) is 0 Å². The lowest BCUT2D eigenvalue weighted by molar-refractivity contribution is -0.126. The number of hydrogen-bond acceptors (Lipinski definition) is 4. The second-order valence-electron chi connectivity index (χ2n) is 6.87. The van der Waals surface area contributed by atoms with Gasteiger partial charge in [-0.3, -0.25) is 4.79 Å². The Hall–Kier alpha value is -2.72. The number of fused-ring (bicyclic) bond motifs is 1. The maximum Gasteiger partial charge on any atom is 0.159 e. The van der Waals surface area contributed by atoms with Crippen LogP contribution in [-0.2, 0) is 11.2 Å². The molecule has 0 aliphatic carbocycles. The number of aliphatic imine (C=N–C) groups is 1. The van der Waals surface area contributed by atoms with Crippen molar-refractivity contribution in [1.82, 2.24) is 4.90 Å². The molecule has 4 heteroatoms. The Bertz CT molecular complexity index is 858. The zero-order chi connectivity index (χ0) is 19.4. The van der Waals surface area contributed by atoms with Crippen molar-refractivity contribution < 1.29 is 9.90 Å². The summed E-state index contributed by atoms with van der Waals surface area (Å²) in [6.07, 6.45) is 4.48. The van der Waals surface area contributed by atoms with Gasteiger partial charge in [0.2, 0.25) is 0 Å². The number of ketones is 1. The number of benzene rings is 2. The fraction of sp³-hybridized carbons (Fsp3) is 0.304. The molecule has 2 aromatic carbocycles. The van der Waals surface area contributed by atoms with E-state index < -0.39 is 12.3 Å². The van der Waals surface area contributed by atoms with Crippen molar-refractivity contribution in [2.75, 3.05) is 0 Å². The number of hydrogen-bond donors (Lipinski definition) is 1. The first-order valence-corrected chi connectivity index (χ1v) is 9.39. The van der Waals surface area contributed by atoms with Crippen molar-refractivity contribution in [3.63, 3.8) is 0 Å². The first-order chi connectivity index (χ1) is 13.1. The number of nitrogens with zero attached hydrogens (tertiary/aromatic N) is 2. The molecule has 0 bridgehead atoms. The van der Waals surface area contributed by atoms with Gasteiger partial charge >= 0.3 is 0 Å². The smallest absolute Gasteiger partial charge is 0.159 e. The van der Waals surface area contributed by atoms with E-state index in [-0.39, 0.29) is 5.78 Å². The maximum absolute atomic E-state index is 12.9. The van der Waals surface area contributed by atoms with E-state index in [1.807, 2.05) is 62.4 Å². The lowest BCUT2D eigenvalue weighted by Crippen LogP contribution is -2.38. The molecule has 0 amide bonds. The first kappa shape index (κ1) is 19.1. The molecule has 0 radical (unpaired) electrons. The highest BCUT2D eigenvalue weighted by molar-refractivity contribution is 5.88. The molecule has 140 valence electrons. The molecule has 0 spiro atoms. The Morgan fingerprint density at radius 1 is 1.30 bits per heavy atom. The van der Waals surface area contributed by atoms with Gasteiger partial charge in [0.25, 0.3) is 0 Å². The van der Waals surface area contributed by atoms with Gasteiger partial charge < -0.3 is 10.0 Å². The molecule has 0 fully saturated rings. The number of carbonyl (C=O) groups is 1. The van der Waals surface area contributed by atoms with Crippen molar-refractivity contribution >= 4 is 17.8 Å². The van der Waals surface area contributed by atoms with Crippen LogP contribution in [0.3, 0.4) is 0 Å². The third kappa shape index (κ3) is 3.71. The minimum Gasteiger partial charge on any atom is -0.369 e. The van der Waals surface area contributed by atoms with Crippen LogP contribution in [0.25, 0.3) is 0 Å². The van der Waals surface area contributed by atoms with E-state index in [2.05, 4.69) is 11.6 Å². The summed E-state index contributed by atoms with van der Waals surface area (Å²) in [4.78, 5) is 19.1. The Balaban J connectivity index is 2.05. The zero-order valence-corrected chi connectivity index (χ0v) is 15.9. The molecule has 27 heavy (non-hydrogen) atoms. The molecule has 2 atom stereocenters. The Morgan fingerprint density at radius 3 is 2.70 bits per heavy atom. The molecule has 2 aromatic rings. The zero-order valence-electron chi connectivity index (χ0n) is 15.9. The van der Waals surface area contributed by atoms with Crippen molar-refractivity contribution in [2.24, 2.45) is 4.99 Å². The quantitative estimate of drug-likeness (QED) is 0.720. The van der Waals surface area contributed by atoms with Crippen molar-refractivity contribution in [3.8, 4) is 0 Å². The van der Waals surface area contributed by atoms with Crippen LogP contribution >= 0.6 is 0 Å². The molecular weight excluding hydrogens is 336 g/mol. The van der Waals surface area contributed by atoms with E-state index in [1.165, 1.54) is 0 Å². The van der Waals surface area contributed by atoms with Gasteiger partial charge in [0.15, 0.2) is 12.0 Å². The van der Waals surface area contributed by atoms with Gasteiger partial charge in [0.05, 0.1) is 12.0 Å². The number of allylic oxidation sites excluding steroid dienone is 1. The second kappa shape index (κ2) is 8.31. The third-order valence-electron chi connectivity index (χ3n) is 5.05. The van der Waals surface area contributed by atoms with E-state index in [1.54, 1.807) is 11.2 Å². The molecule has 1 aliphatic rings. The Kier molecular flexibility index (Phi) is 5.87. The summed E-state index contributed by atoms with van der Waals surface area (Å²) >= 11 is 0. The summed E-state index contributed by atoms with van der Waals surface area (Å²) in [7, 11) is 0. The lowest BCUT2D eigenvalue weighted by atomic mass is 9.93. The normalized spacial score (nSPS) is 16.7. The predicted octanol–water partition coefficient (Wildman–Crippen LogP) is 4.80. The minimum absolute atomic E-state index is 0.0811. The SMILES string of the molecule is C=CCc1ccc2c(c1C)C(O)N(C(C(=O)CCC)c1ccccc1)C=N2. The summed E-state index contributed by atoms with van der Waals surface area (Å²) in [5.41, 5.74) is 4.48. The van der Waals surface area contributed by atoms with Gasteiger partial charge in [-0.2, -0.15) is 0 Å². The number of Topliss-reactive ketones (excluding diaryl/α,β-unsaturated/α-hetero) is 1. The standard InChI is InChI=1S/C23H26N2O2/c1-4-9-17-13-14-19-21(16(17)3)23(27)25(15-24-19)22(20(26)10-5-2)18-11-7-6-8-12-18/h4,6-8,11-15,22-23,27H,1,5,9-10H2,2-3H3. The van der Waals surface area contributed by atoms with E-state index in [9.17, 15) is 9.90 Å². The highest BCUT2D eigenvalue weighted by Crippen LogP contribution is 2.40. The first-order valence-electron chi connectivity index (χ1n) is 9.39. The maximum atomic E-state index is 12.9. The van der Waals surface area contributed by atoms with Gasteiger partial charge in [-0.25, -0.2) is 4.99 Å². The van der Waals surface area contributed by atoms with Crippen molar-refractivity contribution in [3.05, 3.63) is 77.4 Å². The number of aliphatic hydroxyl groups is 1. The van der Waals surface area contributed by atoms with Crippen LogP contribution in [0.4, 0.5) is 5.69 Å². The van der Waals surface area contributed by atoms with Crippen LogP contribution < -0.4 is 0 Å².